The number of para-hydroxylation sites is 2. The number of nitrogens with zero attached hydrogens (tertiary/aromatic N) is 3. The van der Waals surface area contributed by atoms with Gasteiger partial charge in [0.05, 0.1) is 17.1 Å². The van der Waals surface area contributed by atoms with Crippen LogP contribution < -0.4 is 10.1 Å². The van der Waals surface area contributed by atoms with Crippen LogP contribution >= 0.6 is 0 Å². The van der Waals surface area contributed by atoms with Crippen molar-refractivity contribution in [2.75, 3.05) is 25.5 Å². The number of rotatable bonds is 4. The summed E-state index contributed by atoms with van der Waals surface area (Å²) in [6, 6.07) is 7.63. The number of amides is 1. The van der Waals surface area contributed by atoms with Gasteiger partial charge >= 0.3 is 6.09 Å². The zero-order valence-corrected chi connectivity index (χ0v) is 16.5. The molecule has 1 aliphatic rings. The molecule has 1 atom stereocenters. The number of carbonyl (C=O) groups excluding carboxylic acids is 1. The number of hydrogen-bond donors (Lipinski definition) is 1. The van der Waals surface area contributed by atoms with Gasteiger partial charge in [-0.3, -0.25) is 0 Å². The van der Waals surface area contributed by atoms with Gasteiger partial charge < -0.3 is 19.7 Å². The lowest BCUT2D eigenvalue weighted by Crippen LogP contribution is -2.48. The Hall–Kier alpha value is -2.57. The van der Waals surface area contributed by atoms with Gasteiger partial charge in [-0.25, -0.2) is 14.8 Å². The highest BCUT2D eigenvalue weighted by molar-refractivity contribution is 5.77. The van der Waals surface area contributed by atoms with Gasteiger partial charge in [-0.05, 0) is 52.2 Å². The molecule has 146 valence electrons. The minimum absolute atomic E-state index is 0.0356. The van der Waals surface area contributed by atoms with Crippen LogP contribution in [0.3, 0.4) is 0 Å². The minimum Gasteiger partial charge on any atom is -0.473 e. The van der Waals surface area contributed by atoms with Gasteiger partial charge in [-0.15, -0.1) is 0 Å². The van der Waals surface area contributed by atoms with Crippen LogP contribution in [0.4, 0.5) is 10.6 Å². The number of fused-ring (bicyclic) bond motifs is 1. The first kappa shape index (κ1) is 19.2. The summed E-state index contributed by atoms with van der Waals surface area (Å²) in [5.41, 5.74) is 1.07. The molecule has 3 rings (SSSR count). The maximum absolute atomic E-state index is 12.5. The highest BCUT2D eigenvalue weighted by Crippen LogP contribution is 2.25. The largest absolute Gasteiger partial charge is 0.473 e. The Morgan fingerprint density at radius 2 is 1.93 bits per heavy atom. The fourth-order valence-corrected chi connectivity index (χ4v) is 3.16. The summed E-state index contributed by atoms with van der Waals surface area (Å²) in [6.45, 7) is 6.69. The Kier molecular flexibility index (Phi) is 5.68. The molecule has 1 aromatic carbocycles. The number of ether oxygens (including phenoxy) is 2. The van der Waals surface area contributed by atoms with Gasteiger partial charge in [0.1, 0.15) is 12.2 Å². The summed E-state index contributed by atoms with van der Waals surface area (Å²) in [5, 5.41) is 3.04. The van der Waals surface area contributed by atoms with Crippen molar-refractivity contribution in [3.8, 4) is 5.88 Å². The van der Waals surface area contributed by atoms with Crippen LogP contribution in [0, 0.1) is 0 Å². The van der Waals surface area contributed by atoms with Gasteiger partial charge in [-0.1, -0.05) is 12.1 Å². The predicted octanol–water partition coefficient (Wildman–Crippen LogP) is 3.84. The lowest BCUT2D eigenvalue weighted by molar-refractivity contribution is 0.00340. The highest BCUT2D eigenvalue weighted by atomic mass is 16.6. The van der Waals surface area contributed by atoms with Gasteiger partial charge in [0.25, 0.3) is 5.88 Å². The fraction of sp³-hybridized carbons (Fsp3) is 0.550. The standard InChI is InChI=1S/C20H28N4O3/c1-20(2,3)27-19(25)24-12-8-7-9-14(24)13-26-18-17(21-4)22-15-10-5-6-11-16(15)23-18/h5-6,10-11,14H,7-9,12-13H2,1-4H3,(H,21,22)/t14-/m0/s1. The lowest BCUT2D eigenvalue weighted by atomic mass is 10.0. The molecule has 1 aliphatic heterocycles. The Balaban J connectivity index is 1.74. The summed E-state index contributed by atoms with van der Waals surface area (Å²) in [7, 11) is 1.79. The van der Waals surface area contributed by atoms with E-state index in [0.717, 1.165) is 30.3 Å². The zero-order chi connectivity index (χ0) is 19.4. The van der Waals surface area contributed by atoms with E-state index in [4.69, 9.17) is 9.47 Å². The number of aromatic nitrogens is 2. The molecule has 0 aliphatic carbocycles. The number of benzene rings is 1. The third kappa shape index (κ3) is 4.78. The molecule has 27 heavy (non-hydrogen) atoms. The van der Waals surface area contributed by atoms with E-state index < -0.39 is 5.60 Å². The molecule has 1 amide bonds. The van der Waals surface area contributed by atoms with E-state index in [-0.39, 0.29) is 12.1 Å². The van der Waals surface area contributed by atoms with Crippen molar-refractivity contribution >= 4 is 22.9 Å². The van der Waals surface area contributed by atoms with Gasteiger partial charge in [0.15, 0.2) is 5.82 Å². The van der Waals surface area contributed by atoms with Crippen molar-refractivity contribution < 1.29 is 14.3 Å². The second kappa shape index (κ2) is 7.98. The molecular formula is C20H28N4O3. The number of hydrogen-bond acceptors (Lipinski definition) is 6. The van der Waals surface area contributed by atoms with E-state index in [0.29, 0.717) is 24.8 Å². The van der Waals surface area contributed by atoms with Crippen LogP contribution in [0.15, 0.2) is 24.3 Å². The van der Waals surface area contributed by atoms with Crippen LogP contribution in [0.5, 0.6) is 5.88 Å². The van der Waals surface area contributed by atoms with E-state index >= 15 is 0 Å². The van der Waals surface area contributed by atoms with Crippen molar-refractivity contribution in [1.29, 1.82) is 0 Å². The van der Waals surface area contributed by atoms with Crippen LogP contribution in [-0.4, -0.2) is 52.8 Å². The molecule has 7 nitrogen and oxygen atoms in total. The molecule has 2 aromatic rings. The van der Waals surface area contributed by atoms with Crippen LogP contribution in [0.1, 0.15) is 40.0 Å². The quantitative estimate of drug-likeness (QED) is 0.879. The van der Waals surface area contributed by atoms with Crippen molar-refractivity contribution in [3.63, 3.8) is 0 Å². The first-order valence-electron chi connectivity index (χ1n) is 9.44. The minimum atomic E-state index is -0.511. The normalized spacial score (nSPS) is 17.6. The number of likely N-dealkylation sites (tertiary alicyclic amines) is 1. The smallest absolute Gasteiger partial charge is 0.410 e. The predicted molar refractivity (Wildman–Crippen MR) is 105 cm³/mol. The molecule has 0 spiro atoms. The SMILES string of the molecule is CNc1nc2ccccc2nc1OC[C@@H]1CCCCN1C(=O)OC(C)(C)C. The van der Waals surface area contributed by atoms with E-state index in [1.807, 2.05) is 45.0 Å². The number of nitrogens with one attached hydrogen (secondary N) is 1. The topological polar surface area (TPSA) is 76.6 Å². The molecule has 1 fully saturated rings. The van der Waals surface area contributed by atoms with Crippen LogP contribution in [0.25, 0.3) is 11.0 Å². The van der Waals surface area contributed by atoms with E-state index in [1.165, 1.54) is 0 Å². The first-order valence-corrected chi connectivity index (χ1v) is 9.44. The van der Waals surface area contributed by atoms with E-state index in [2.05, 4.69) is 15.3 Å². The zero-order valence-electron chi connectivity index (χ0n) is 16.5. The molecule has 1 saturated heterocycles. The van der Waals surface area contributed by atoms with Crippen LogP contribution in [0.2, 0.25) is 0 Å². The maximum Gasteiger partial charge on any atom is 0.410 e. The number of anilines is 1. The second-order valence-electron chi connectivity index (χ2n) is 7.75. The van der Waals surface area contributed by atoms with Gasteiger partial charge in [-0.2, -0.15) is 0 Å². The molecular weight excluding hydrogens is 344 g/mol. The number of piperidine rings is 1. The van der Waals surface area contributed by atoms with Gasteiger partial charge in [0.2, 0.25) is 0 Å². The molecule has 1 N–H and O–H groups in total. The maximum atomic E-state index is 12.5. The summed E-state index contributed by atoms with van der Waals surface area (Å²) in [5.74, 6) is 1.04. The Morgan fingerprint density at radius 3 is 2.59 bits per heavy atom. The van der Waals surface area contributed by atoms with Gasteiger partial charge in [0, 0.05) is 13.6 Å². The molecule has 7 heteroatoms. The van der Waals surface area contributed by atoms with E-state index in [1.54, 1.807) is 11.9 Å². The van der Waals surface area contributed by atoms with Crippen molar-refractivity contribution in [3.05, 3.63) is 24.3 Å². The monoisotopic (exact) mass is 372 g/mol. The molecule has 0 unspecified atom stereocenters. The van der Waals surface area contributed by atoms with Crippen molar-refractivity contribution in [2.24, 2.45) is 0 Å². The van der Waals surface area contributed by atoms with Crippen molar-refractivity contribution in [2.45, 2.75) is 51.7 Å². The summed E-state index contributed by atoms with van der Waals surface area (Å²) >= 11 is 0. The Labute approximate surface area is 160 Å². The van der Waals surface area contributed by atoms with Crippen LogP contribution in [-0.2, 0) is 4.74 Å². The second-order valence-corrected chi connectivity index (χ2v) is 7.75. The van der Waals surface area contributed by atoms with Crippen molar-refractivity contribution in [1.82, 2.24) is 14.9 Å². The fourth-order valence-electron chi connectivity index (χ4n) is 3.16. The summed E-state index contributed by atoms with van der Waals surface area (Å²) in [4.78, 5) is 23.5. The lowest BCUT2D eigenvalue weighted by Gasteiger charge is -2.36. The average molecular weight is 372 g/mol. The Morgan fingerprint density at radius 1 is 1.22 bits per heavy atom. The summed E-state index contributed by atoms with van der Waals surface area (Å²) < 4.78 is 11.6. The highest BCUT2D eigenvalue weighted by Gasteiger charge is 2.31. The molecule has 1 aromatic heterocycles. The molecule has 0 radical (unpaired) electrons. The third-order valence-electron chi connectivity index (χ3n) is 4.44. The Bertz CT molecular complexity index is 803. The molecule has 0 saturated carbocycles. The number of carbonyl (C=O) groups is 1. The van der Waals surface area contributed by atoms with E-state index in [9.17, 15) is 4.79 Å². The summed E-state index contributed by atoms with van der Waals surface area (Å²) in [6.07, 6.45) is 2.65. The molecule has 0 bridgehead atoms. The average Bonchev–Trinajstić information content (AvgIpc) is 2.64. The third-order valence-corrected chi connectivity index (χ3v) is 4.44. The first-order chi connectivity index (χ1) is 12.9. The molecule has 2 heterocycles.